The molecule has 18 heavy (non-hydrogen) atoms. The topological polar surface area (TPSA) is 35.2 Å². The van der Waals surface area contributed by atoms with E-state index in [1.54, 1.807) is 0 Å². The lowest BCUT2D eigenvalue weighted by Crippen LogP contribution is -1.99. The Morgan fingerprint density at radius 3 is 2.61 bits per heavy atom. The Balaban J connectivity index is 2.19. The van der Waals surface area contributed by atoms with Gasteiger partial charge in [-0.3, -0.25) is 0 Å². The van der Waals surface area contributed by atoms with Crippen LogP contribution in [0.1, 0.15) is 50.2 Å². The number of benzene rings is 1. The smallest absolute Gasteiger partial charge is 0.0731 e. The van der Waals surface area contributed by atoms with E-state index in [1.165, 1.54) is 25.7 Å². The van der Waals surface area contributed by atoms with Crippen LogP contribution in [0.3, 0.4) is 0 Å². The van der Waals surface area contributed by atoms with Gasteiger partial charge in [0, 0.05) is 18.2 Å². The van der Waals surface area contributed by atoms with Crippen LogP contribution in [0.25, 0.3) is 0 Å². The van der Waals surface area contributed by atoms with Crippen molar-refractivity contribution < 1.29 is 4.74 Å². The van der Waals surface area contributed by atoms with Gasteiger partial charge in [0.25, 0.3) is 0 Å². The molecule has 0 aliphatic rings. The summed E-state index contributed by atoms with van der Waals surface area (Å²) in [6, 6.07) is 5.93. The molecule has 0 saturated heterocycles. The van der Waals surface area contributed by atoms with Crippen LogP contribution in [-0.4, -0.2) is 6.61 Å². The zero-order chi connectivity index (χ0) is 13.2. The van der Waals surface area contributed by atoms with Gasteiger partial charge in [-0.25, -0.2) is 0 Å². The second kappa shape index (κ2) is 9.37. The van der Waals surface area contributed by atoms with Gasteiger partial charge >= 0.3 is 0 Å². The van der Waals surface area contributed by atoms with Crippen molar-refractivity contribution in [2.75, 3.05) is 6.61 Å². The molecule has 0 amide bonds. The fourth-order valence-electron chi connectivity index (χ4n) is 1.82. The van der Waals surface area contributed by atoms with E-state index in [1.807, 2.05) is 18.2 Å². The number of nitrogens with two attached hydrogens (primary N) is 1. The summed E-state index contributed by atoms with van der Waals surface area (Å²) in [7, 11) is 0. The molecule has 1 aromatic rings. The molecule has 0 aromatic heterocycles. The molecule has 0 bridgehead atoms. The third-order valence-electron chi connectivity index (χ3n) is 3.00. The van der Waals surface area contributed by atoms with E-state index < -0.39 is 0 Å². The first-order valence-corrected chi connectivity index (χ1v) is 7.20. The zero-order valence-electron chi connectivity index (χ0n) is 11.3. The maximum atomic E-state index is 6.15. The minimum atomic E-state index is 0.526. The minimum Gasteiger partial charge on any atom is -0.377 e. The van der Waals surface area contributed by atoms with Crippen molar-refractivity contribution in [2.45, 2.75) is 52.2 Å². The Morgan fingerprint density at radius 1 is 1.17 bits per heavy atom. The first-order chi connectivity index (χ1) is 8.77. The maximum absolute atomic E-state index is 6.15. The van der Waals surface area contributed by atoms with E-state index >= 15 is 0 Å². The van der Waals surface area contributed by atoms with Gasteiger partial charge in [0.1, 0.15) is 0 Å². The summed E-state index contributed by atoms with van der Waals surface area (Å²) in [5.41, 5.74) is 7.66. The summed E-state index contributed by atoms with van der Waals surface area (Å²) in [6.07, 6.45) is 6.31. The lowest BCUT2D eigenvalue weighted by Gasteiger charge is -2.07. The van der Waals surface area contributed by atoms with E-state index in [0.717, 1.165) is 29.2 Å². The van der Waals surface area contributed by atoms with Crippen molar-refractivity contribution in [3.05, 3.63) is 34.3 Å². The number of halogens is 1. The number of hydrogen-bond donors (Lipinski definition) is 1. The van der Waals surface area contributed by atoms with Gasteiger partial charge in [-0.05, 0) is 23.6 Å². The summed E-state index contributed by atoms with van der Waals surface area (Å²) in [4.78, 5) is 0. The molecule has 0 unspecified atom stereocenters. The number of rotatable bonds is 9. The lowest BCUT2D eigenvalue weighted by atomic mass is 10.1. The van der Waals surface area contributed by atoms with Crippen LogP contribution < -0.4 is 5.73 Å². The van der Waals surface area contributed by atoms with Crippen LogP contribution in [0, 0.1) is 0 Å². The molecule has 0 atom stereocenters. The van der Waals surface area contributed by atoms with Crippen LogP contribution in [0.4, 0.5) is 0 Å². The van der Waals surface area contributed by atoms with Crippen LogP contribution in [0.5, 0.6) is 0 Å². The third-order valence-corrected chi connectivity index (χ3v) is 3.35. The fourth-order valence-corrected chi connectivity index (χ4v) is 2.08. The average Bonchev–Trinajstić information content (AvgIpc) is 2.39. The second-order valence-corrected chi connectivity index (χ2v) is 5.00. The Morgan fingerprint density at radius 2 is 1.94 bits per heavy atom. The van der Waals surface area contributed by atoms with Crippen molar-refractivity contribution in [3.8, 4) is 0 Å². The van der Waals surface area contributed by atoms with Gasteiger partial charge in [0.2, 0.25) is 0 Å². The quantitative estimate of drug-likeness (QED) is 0.679. The van der Waals surface area contributed by atoms with Gasteiger partial charge in [0.05, 0.1) is 6.61 Å². The molecule has 102 valence electrons. The highest BCUT2D eigenvalue weighted by Gasteiger charge is 2.01. The first-order valence-electron chi connectivity index (χ1n) is 6.83. The van der Waals surface area contributed by atoms with Crippen LogP contribution >= 0.6 is 11.6 Å². The largest absolute Gasteiger partial charge is 0.377 e. The molecule has 0 heterocycles. The fraction of sp³-hybridized carbons (Fsp3) is 0.600. The highest BCUT2D eigenvalue weighted by Crippen LogP contribution is 2.18. The first kappa shape index (κ1) is 15.5. The van der Waals surface area contributed by atoms with Crippen molar-refractivity contribution in [3.63, 3.8) is 0 Å². The van der Waals surface area contributed by atoms with E-state index in [-0.39, 0.29) is 0 Å². The summed E-state index contributed by atoms with van der Waals surface area (Å²) in [5, 5.41) is 0.754. The van der Waals surface area contributed by atoms with Crippen LogP contribution in [-0.2, 0) is 17.9 Å². The van der Waals surface area contributed by atoms with Crippen molar-refractivity contribution >= 4 is 11.6 Å². The third kappa shape index (κ3) is 5.85. The average molecular weight is 270 g/mol. The molecule has 0 radical (unpaired) electrons. The SMILES string of the molecule is CCCCCCCOCc1ccc(CN)cc1Cl. The molecule has 1 rings (SSSR count). The standard InChI is InChI=1S/C15H24ClNO/c1-2-3-4-5-6-9-18-12-14-8-7-13(11-17)10-15(14)16/h7-8,10H,2-6,9,11-12,17H2,1H3. The lowest BCUT2D eigenvalue weighted by molar-refractivity contribution is 0.117. The normalized spacial score (nSPS) is 10.8. The molecule has 0 saturated carbocycles. The summed E-state index contributed by atoms with van der Waals surface area (Å²) >= 11 is 6.15. The minimum absolute atomic E-state index is 0.526. The molecular formula is C15H24ClNO. The number of ether oxygens (including phenoxy) is 1. The van der Waals surface area contributed by atoms with E-state index in [9.17, 15) is 0 Å². The van der Waals surface area contributed by atoms with Crippen LogP contribution in [0.15, 0.2) is 18.2 Å². The van der Waals surface area contributed by atoms with Crippen molar-refractivity contribution in [2.24, 2.45) is 5.73 Å². The van der Waals surface area contributed by atoms with Gasteiger partial charge in [0.15, 0.2) is 0 Å². The summed E-state index contributed by atoms with van der Waals surface area (Å²) in [5.74, 6) is 0. The number of unbranched alkanes of at least 4 members (excludes halogenated alkanes) is 4. The Bertz CT molecular complexity index is 341. The molecule has 2 nitrogen and oxygen atoms in total. The molecule has 1 aromatic carbocycles. The Hall–Kier alpha value is -0.570. The molecule has 3 heteroatoms. The summed E-state index contributed by atoms with van der Waals surface area (Å²) < 4.78 is 5.64. The van der Waals surface area contributed by atoms with E-state index in [2.05, 4.69) is 6.92 Å². The second-order valence-electron chi connectivity index (χ2n) is 4.60. The molecule has 0 aliphatic carbocycles. The zero-order valence-corrected chi connectivity index (χ0v) is 12.0. The van der Waals surface area contributed by atoms with Gasteiger partial charge in [-0.2, -0.15) is 0 Å². The molecule has 2 N–H and O–H groups in total. The Kier molecular flexibility index (Phi) is 8.06. The number of hydrogen-bond acceptors (Lipinski definition) is 2. The van der Waals surface area contributed by atoms with Crippen molar-refractivity contribution in [1.82, 2.24) is 0 Å². The van der Waals surface area contributed by atoms with Gasteiger partial charge in [-0.1, -0.05) is 56.3 Å². The molecular weight excluding hydrogens is 246 g/mol. The molecule has 0 fully saturated rings. The predicted molar refractivity (Wildman–Crippen MR) is 77.8 cm³/mol. The monoisotopic (exact) mass is 269 g/mol. The van der Waals surface area contributed by atoms with E-state index in [0.29, 0.717) is 13.2 Å². The van der Waals surface area contributed by atoms with Gasteiger partial charge < -0.3 is 10.5 Å². The highest BCUT2D eigenvalue weighted by atomic mass is 35.5. The highest BCUT2D eigenvalue weighted by molar-refractivity contribution is 6.31. The van der Waals surface area contributed by atoms with Gasteiger partial charge in [-0.15, -0.1) is 0 Å². The predicted octanol–water partition coefficient (Wildman–Crippen LogP) is 4.29. The molecule has 0 aliphatic heterocycles. The maximum Gasteiger partial charge on any atom is 0.0731 e. The summed E-state index contributed by atoms with van der Waals surface area (Å²) in [6.45, 7) is 4.16. The Labute approximate surface area is 115 Å². The molecule has 0 spiro atoms. The van der Waals surface area contributed by atoms with Crippen LogP contribution in [0.2, 0.25) is 5.02 Å². The van der Waals surface area contributed by atoms with E-state index in [4.69, 9.17) is 22.1 Å². The van der Waals surface area contributed by atoms with Crippen molar-refractivity contribution in [1.29, 1.82) is 0 Å².